The maximum Gasteiger partial charge on any atom is 0.243 e. The quantitative estimate of drug-likeness (QED) is 0.881. The summed E-state index contributed by atoms with van der Waals surface area (Å²) < 4.78 is 15.7. The number of hydrogen-bond acceptors (Lipinski definition) is 6. The lowest BCUT2D eigenvalue weighted by Crippen LogP contribution is -2.13. The second kappa shape index (κ2) is 6.58. The fourth-order valence-electron chi connectivity index (χ4n) is 2.09. The van der Waals surface area contributed by atoms with E-state index in [4.69, 9.17) is 19.7 Å². The summed E-state index contributed by atoms with van der Waals surface area (Å²) in [4.78, 5) is 4.37. The summed E-state index contributed by atoms with van der Waals surface area (Å²) in [6.45, 7) is 4.21. The summed E-state index contributed by atoms with van der Waals surface area (Å²) in [5.74, 6) is 2.68. The third kappa shape index (κ3) is 3.52. The minimum Gasteiger partial charge on any atom is -0.493 e. The highest BCUT2D eigenvalue weighted by Gasteiger charge is 2.17. The highest BCUT2D eigenvalue weighted by molar-refractivity contribution is 5.60. The predicted octanol–water partition coefficient (Wildman–Crippen LogP) is 2.80. The van der Waals surface area contributed by atoms with Gasteiger partial charge in [-0.1, -0.05) is 19.0 Å². The van der Waals surface area contributed by atoms with Crippen LogP contribution in [0.5, 0.6) is 11.5 Å². The highest BCUT2D eigenvalue weighted by atomic mass is 16.5. The number of aromatic nitrogens is 2. The lowest BCUT2D eigenvalue weighted by Gasteiger charge is -2.08. The van der Waals surface area contributed by atoms with Crippen LogP contribution in [0.1, 0.15) is 32.2 Å². The summed E-state index contributed by atoms with van der Waals surface area (Å²) >= 11 is 0. The topological polar surface area (TPSA) is 83.4 Å². The van der Waals surface area contributed by atoms with Gasteiger partial charge in [0.25, 0.3) is 0 Å². The van der Waals surface area contributed by atoms with Crippen LogP contribution in [0.2, 0.25) is 0 Å². The molecule has 6 heteroatoms. The average Bonchev–Trinajstić information content (AvgIpc) is 2.95. The van der Waals surface area contributed by atoms with E-state index in [0.29, 0.717) is 29.1 Å². The van der Waals surface area contributed by atoms with Gasteiger partial charge in [-0.15, -0.1) is 0 Å². The summed E-state index contributed by atoms with van der Waals surface area (Å²) in [6.07, 6.45) is 0.799. The van der Waals surface area contributed by atoms with Crippen molar-refractivity contribution in [3.8, 4) is 22.9 Å². The molecule has 6 nitrogen and oxygen atoms in total. The molecule has 0 unspecified atom stereocenters. The summed E-state index contributed by atoms with van der Waals surface area (Å²) in [7, 11) is 3.18. The van der Waals surface area contributed by atoms with E-state index >= 15 is 0 Å². The molecule has 1 atom stereocenters. The van der Waals surface area contributed by atoms with Crippen LogP contribution in [-0.4, -0.2) is 24.4 Å². The number of hydrogen-bond donors (Lipinski definition) is 1. The number of ether oxygens (including phenoxy) is 2. The molecule has 0 saturated carbocycles. The third-order valence-corrected chi connectivity index (χ3v) is 3.13. The second-order valence-corrected chi connectivity index (χ2v) is 5.26. The van der Waals surface area contributed by atoms with E-state index in [0.717, 1.165) is 12.0 Å². The van der Waals surface area contributed by atoms with E-state index in [9.17, 15) is 0 Å². The molecule has 21 heavy (non-hydrogen) atoms. The van der Waals surface area contributed by atoms with Crippen molar-refractivity contribution in [2.75, 3.05) is 14.2 Å². The zero-order valence-corrected chi connectivity index (χ0v) is 12.8. The van der Waals surface area contributed by atoms with Crippen molar-refractivity contribution in [3.05, 3.63) is 24.1 Å². The van der Waals surface area contributed by atoms with Crippen LogP contribution in [0.4, 0.5) is 0 Å². The zero-order chi connectivity index (χ0) is 15.4. The molecule has 0 amide bonds. The summed E-state index contributed by atoms with van der Waals surface area (Å²) in [5.41, 5.74) is 6.84. The first-order valence-electron chi connectivity index (χ1n) is 6.86. The van der Waals surface area contributed by atoms with Crippen LogP contribution in [0.25, 0.3) is 11.4 Å². The Labute approximate surface area is 124 Å². The Balaban J connectivity index is 2.25. The molecule has 1 aromatic heterocycles. The molecule has 1 aromatic carbocycles. The average molecular weight is 291 g/mol. The van der Waals surface area contributed by atoms with Crippen LogP contribution < -0.4 is 15.2 Å². The van der Waals surface area contributed by atoms with Gasteiger partial charge in [0.1, 0.15) is 0 Å². The fourth-order valence-corrected chi connectivity index (χ4v) is 2.09. The lowest BCUT2D eigenvalue weighted by molar-refractivity contribution is 0.335. The number of methoxy groups -OCH3 is 2. The molecule has 2 aromatic rings. The molecule has 0 spiro atoms. The van der Waals surface area contributed by atoms with Crippen molar-refractivity contribution >= 4 is 0 Å². The molecule has 114 valence electrons. The molecule has 2 N–H and O–H groups in total. The van der Waals surface area contributed by atoms with Gasteiger partial charge in [0, 0.05) is 5.56 Å². The maximum atomic E-state index is 6.05. The van der Waals surface area contributed by atoms with Gasteiger partial charge >= 0.3 is 0 Å². The Morgan fingerprint density at radius 2 is 1.90 bits per heavy atom. The maximum absolute atomic E-state index is 6.05. The van der Waals surface area contributed by atoms with Crippen molar-refractivity contribution in [2.24, 2.45) is 11.7 Å². The van der Waals surface area contributed by atoms with Crippen molar-refractivity contribution in [1.29, 1.82) is 0 Å². The normalized spacial score (nSPS) is 12.5. The van der Waals surface area contributed by atoms with Gasteiger partial charge in [0.15, 0.2) is 11.5 Å². The Morgan fingerprint density at radius 1 is 1.19 bits per heavy atom. The van der Waals surface area contributed by atoms with Gasteiger partial charge in [0.05, 0.1) is 20.3 Å². The Morgan fingerprint density at radius 3 is 2.52 bits per heavy atom. The molecule has 0 aliphatic heterocycles. The van der Waals surface area contributed by atoms with Crippen LogP contribution in [0.15, 0.2) is 22.7 Å². The van der Waals surface area contributed by atoms with Gasteiger partial charge in [0.2, 0.25) is 11.7 Å². The monoisotopic (exact) mass is 291 g/mol. The van der Waals surface area contributed by atoms with Crippen LogP contribution in [0.3, 0.4) is 0 Å². The Bertz CT molecular complexity index is 596. The van der Waals surface area contributed by atoms with Gasteiger partial charge < -0.3 is 19.7 Å². The van der Waals surface area contributed by atoms with Crippen molar-refractivity contribution in [1.82, 2.24) is 10.1 Å². The lowest BCUT2D eigenvalue weighted by atomic mass is 10.0. The second-order valence-electron chi connectivity index (χ2n) is 5.26. The molecule has 0 radical (unpaired) electrons. The number of nitrogens with zero attached hydrogens (tertiary/aromatic N) is 2. The number of benzene rings is 1. The van der Waals surface area contributed by atoms with Crippen LogP contribution in [0, 0.1) is 5.92 Å². The smallest absolute Gasteiger partial charge is 0.243 e. The standard InChI is InChI=1S/C15H21N3O3/c1-9(2)7-11(16)15-17-14(18-21-15)10-5-6-12(19-3)13(8-10)20-4/h5-6,8-9,11H,7,16H2,1-4H3/t11-/m0/s1. The number of nitrogens with two attached hydrogens (primary N) is 1. The minimum atomic E-state index is -0.244. The van der Waals surface area contributed by atoms with Gasteiger partial charge in [-0.3, -0.25) is 0 Å². The molecular weight excluding hydrogens is 270 g/mol. The molecule has 0 bridgehead atoms. The van der Waals surface area contributed by atoms with E-state index in [2.05, 4.69) is 24.0 Å². The molecule has 0 saturated heterocycles. The van der Waals surface area contributed by atoms with E-state index in [1.54, 1.807) is 26.4 Å². The van der Waals surface area contributed by atoms with E-state index in [-0.39, 0.29) is 6.04 Å². The first kappa shape index (κ1) is 15.3. The zero-order valence-electron chi connectivity index (χ0n) is 12.8. The Kier molecular flexibility index (Phi) is 4.80. The summed E-state index contributed by atoms with van der Waals surface area (Å²) in [6, 6.07) is 5.22. The van der Waals surface area contributed by atoms with Gasteiger partial charge in [-0.25, -0.2) is 0 Å². The third-order valence-electron chi connectivity index (χ3n) is 3.13. The van der Waals surface area contributed by atoms with Crippen LogP contribution >= 0.6 is 0 Å². The van der Waals surface area contributed by atoms with Crippen LogP contribution in [-0.2, 0) is 0 Å². The largest absolute Gasteiger partial charge is 0.493 e. The molecular formula is C15H21N3O3. The first-order chi connectivity index (χ1) is 10.0. The predicted molar refractivity (Wildman–Crippen MR) is 79.2 cm³/mol. The Hall–Kier alpha value is -2.08. The molecule has 0 aliphatic rings. The molecule has 2 rings (SSSR count). The highest BCUT2D eigenvalue weighted by Crippen LogP contribution is 2.31. The van der Waals surface area contributed by atoms with E-state index < -0.39 is 0 Å². The SMILES string of the molecule is COc1ccc(-c2noc([C@@H](N)CC(C)C)n2)cc1OC. The fraction of sp³-hybridized carbons (Fsp3) is 0.467. The first-order valence-corrected chi connectivity index (χ1v) is 6.86. The molecule has 0 aliphatic carbocycles. The summed E-state index contributed by atoms with van der Waals surface area (Å²) in [5, 5.41) is 3.98. The van der Waals surface area contributed by atoms with Crippen molar-refractivity contribution in [2.45, 2.75) is 26.3 Å². The van der Waals surface area contributed by atoms with Gasteiger partial charge in [-0.2, -0.15) is 4.98 Å². The van der Waals surface area contributed by atoms with Crippen molar-refractivity contribution < 1.29 is 14.0 Å². The number of rotatable bonds is 6. The van der Waals surface area contributed by atoms with E-state index in [1.165, 1.54) is 0 Å². The molecule has 0 fully saturated rings. The van der Waals surface area contributed by atoms with Crippen molar-refractivity contribution in [3.63, 3.8) is 0 Å². The molecule has 1 heterocycles. The minimum absolute atomic E-state index is 0.244. The van der Waals surface area contributed by atoms with Gasteiger partial charge in [-0.05, 0) is 30.5 Å². The van der Waals surface area contributed by atoms with E-state index in [1.807, 2.05) is 6.07 Å².